The van der Waals surface area contributed by atoms with Crippen molar-refractivity contribution in [3.05, 3.63) is 23.4 Å². The lowest BCUT2D eigenvalue weighted by atomic mass is 9.95. The van der Waals surface area contributed by atoms with Crippen LogP contribution in [0.3, 0.4) is 0 Å². The van der Waals surface area contributed by atoms with Crippen molar-refractivity contribution in [3.63, 3.8) is 0 Å². The maximum absolute atomic E-state index is 11.2. The molecule has 0 spiro atoms. The number of hydrogen-bond acceptors (Lipinski definition) is 3. The minimum atomic E-state index is -0.879. The number of carbonyl (C=O) groups is 1. The van der Waals surface area contributed by atoms with Crippen molar-refractivity contribution in [2.24, 2.45) is 5.92 Å². The first-order valence-corrected chi connectivity index (χ1v) is 7.02. The zero-order valence-corrected chi connectivity index (χ0v) is 11.9. The molecule has 2 heterocycles. The van der Waals surface area contributed by atoms with Crippen LogP contribution in [0.2, 0.25) is 0 Å². The average Bonchev–Trinajstić information content (AvgIpc) is 2.40. The van der Waals surface area contributed by atoms with E-state index in [0.29, 0.717) is 17.5 Å². The average molecular weight is 262 g/mol. The van der Waals surface area contributed by atoms with Crippen molar-refractivity contribution in [2.45, 2.75) is 46.1 Å². The number of aryl methyl sites for hydroxylation is 1. The van der Waals surface area contributed by atoms with E-state index >= 15 is 0 Å². The number of piperidine rings is 1. The molecule has 19 heavy (non-hydrogen) atoms. The molecule has 1 aliphatic heterocycles. The fourth-order valence-electron chi connectivity index (χ4n) is 2.63. The monoisotopic (exact) mass is 262 g/mol. The molecule has 0 aliphatic carbocycles. The third kappa shape index (κ3) is 3.06. The molecular formula is C15H22N2O2. The lowest BCUT2D eigenvalue weighted by Crippen LogP contribution is -2.41. The molecular weight excluding hydrogens is 240 g/mol. The van der Waals surface area contributed by atoms with E-state index in [9.17, 15) is 9.90 Å². The van der Waals surface area contributed by atoms with Gasteiger partial charge in [-0.15, -0.1) is 0 Å². The molecule has 0 amide bonds. The van der Waals surface area contributed by atoms with Crippen molar-refractivity contribution in [1.29, 1.82) is 0 Å². The topological polar surface area (TPSA) is 53.4 Å². The Kier molecular flexibility index (Phi) is 4.08. The van der Waals surface area contributed by atoms with Gasteiger partial charge in [0.25, 0.3) is 0 Å². The number of aromatic nitrogens is 1. The van der Waals surface area contributed by atoms with Crippen LogP contribution in [-0.4, -0.2) is 28.6 Å². The van der Waals surface area contributed by atoms with Crippen LogP contribution >= 0.6 is 0 Å². The summed E-state index contributed by atoms with van der Waals surface area (Å²) in [6.45, 7) is 7.38. The molecule has 1 aromatic rings. The standard InChI is InChI=1S/C15H22N2O2/c1-4-13-7-12(15(18)19)8-14(16-13)17-9-10(2)5-6-11(17)3/h7-8,10-11H,4-6,9H2,1-3H3,(H,18,19). The van der Waals surface area contributed by atoms with Crippen molar-refractivity contribution >= 4 is 11.8 Å². The van der Waals surface area contributed by atoms with E-state index in [1.165, 1.54) is 6.42 Å². The molecule has 2 unspecified atom stereocenters. The zero-order chi connectivity index (χ0) is 14.0. The van der Waals surface area contributed by atoms with Crippen LogP contribution in [-0.2, 0) is 6.42 Å². The number of carboxylic acids is 1. The Balaban J connectivity index is 2.37. The van der Waals surface area contributed by atoms with Gasteiger partial charge in [0.1, 0.15) is 5.82 Å². The Morgan fingerprint density at radius 1 is 1.42 bits per heavy atom. The Bertz CT molecular complexity index is 473. The van der Waals surface area contributed by atoms with Crippen LogP contribution in [0.15, 0.2) is 12.1 Å². The quantitative estimate of drug-likeness (QED) is 0.910. The summed E-state index contributed by atoms with van der Waals surface area (Å²) in [5.41, 5.74) is 1.19. The van der Waals surface area contributed by atoms with E-state index < -0.39 is 5.97 Å². The summed E-state index contributed by atoms with van der Waals surface area (Å²) in [5.74, 6) is 0.573. The second kappa shape index (κ2) is 5.59. The first kappa shape index (κ1) is 13.8. The number of aromatic carboxylic acids is 1. The first-order chi connectivity index (χ1) is 9.01. The Labute approximate surface area is 114 Å². The molecule has 0 radical (unpaired) electrons. The van der Waals surface area contributed by atoms with Gasteiger partial charge in [-0.05, 0) is 44.2 Å². The molecule has 104 valence electrons. The minimum Gasteiger partial charge on any atom is -0.478 e. The normalized spacial score (nSPS) is 23.4. The fourth-order valence-corrected chi connectivity index (χ4v) is 2.63. The molecule has 1 N–H and O–H groups in total. The van der Waals surface area contributed by atoms with Crippen LogP contribution in [0, 0.1) is 5.92 Å². The van der Waals surface area contributed by atoms with Crippen LogP contribution < -0.4 is 4.90 Å². The molecule has 0 aromatic carbocycles. The summed E-state index contributed by atoms with van der Waals surface area (Å²) in [4.78, 5) is 18.1. The van der Waals surface area contributed by atoms with Crippen LogP contribution in [0.1, 0.15) is 49.7 Å². The van der Waals surface area contributed by atoms with Gasteiger partial charge in [0.05, 0.1) is 5.56 Å². The molecule has 4 nitrogen and oxygen atoms in total. The van der Waals surface area contributed by atoms with E-state index in [1.807, 2.05) is 6.92 Å². The maximum Gasteiger partial charge on any atom is 0.335 e. The third-order valence-electron chi connectivity index (χ3n) is 3.89. The molecule has 2 atom stereocenters. The first-order valence-electron chi connectivity index (χ1n) is 7.02. The van der Waals surface area contributed by atoms with Crippen molar-refractivity contribution in [2.75, 3.05) is 11.4 Å². The highest BCUT2D eigenvalue weighted by Gasteiger charge is 2.24. The zero-order valence-electron chi connectivity index (χ0n) is 11.9. The molecule has 1 fully saturated rings. The number of hydrogen-bond donors (Lipinski definition) is 1. The van der Waals surface area contributed by atoms with Crippen LogP contribution in [0.25, 0.3) is 0 Å². The van der Waals surface area contributed by atoms with Gasteiger partial charge >= 0.3 is 5.97 Å². The lowest BCUT2D eigenvalue weighted by molar-refractivity contribution is 0.0696. The molecule has 0 bridgehead atoms. The third-order valence-corrected chi connectivity index (χ3v) is 3.89. The van der Waals surface area contributed by atoms with Crippen LogP contribution in [0.4, 0.5) is 5.82 Å². The number of anilines is 1. The SMILES string of the molecule is CCc1cc(C(=O)O)cc(N2CC(C)CCC2C)n1. The van der Waals surface area contributed by atoms with Crippen molar-refractivity contribution in [3.8, 4) is 0 Å². The Morgan fingerprint density at radius 2 is 2.16 bits per heavy atom. The van der Waals surface area contributed by atoms with Gasteiger partial charge in [0.15, 0.2) is 0 Å². The smallest absolute Gasteiger partial charge is 0.335 e. The van der Waals surface area contributed by atoms with E-state index in [2.05, 4.69) is 23.7 Å². The van der Waals surface area contributed by atoms with E-state index in [4.69, 9.17) is 0 Å². The minimum absolute atomic E-state index is 0.340. The summed E-state index contributed by atoms with van der Waals surface area (Å²) in [5, 5.41) is 9.20. The van der Waals surface area contributed by atoms with Crippen LogP contribution in [0.5, 0.6) is 0 Å². The predicted octanol–water partition coefficient (Wildman–Crippen LogP) is 2.97. The van der Waals surface area contributed by atoms with E-state index in [0.717, 1.165) is 30.9 Å². The van der Waals surface area contributed by atoms with Gasteiger partial charge in [-0.3, -0.25) is 0 Å². The molecule has 1 aromatic heterocycles. The summed E-state index contributed by atoms with van der Waals surface area (Å²) < 4.78 is 0. The highest BCUT2D eigenvalue weighted by atomic mass is 16.4. The molecule has 1 saturated heterocycles. The van der Waals surface area contributed by atoms with Gasteiger partial charge in [-0.1, -0.05) is 13.8 Å². The summed E-state index contributed by atoms with van der Waals surface area (Å²) in [6.07, 6.45) is 3.13. The van der Waals surface area contributed by atoms with Crippen molar-refractivity contribution in [1.82, 2.24) is 4.98 Å². The number of nitrogens with zero attached hydrogens (tertiary/aromatic N) is 2. The van der Waals surface area contributed by atoms with Gasteiger partial charge in [-0.25, -0.2) is 9.78 Å². The largest absolute Gasteiger partial charge is 0.478 e. The molecule has 0 saturated carbocycles. The Morgan fingerprint density at radius 3 is 2.79 bits per heavy atom. The van der Waals surface area contributed by atoms with E-state index in [-0.39, 0.29) is 0 Å². The molecule has 1 aliphatic rings. The van der Waals surface area contributed by atoms with Crippen molar-refractivity contribution < 1.29 is 9.90 Å². The maximum atomic E-state index is 11.2. The van der Waals surface area contributed by atoms with Gasteiger partial charge in [-0.2, -0.15) is 0 Å². The molecule has 2 rings (SSSR count). The second-order valence-corrected chi connectivity index (χ2v) is 5.55. The number of carboxylic acid groups (broad SMARTS) is 1. The summed E-state index contributed by atoms with van der Waals surface area (Å²) >= 11 is 0. The number of rotatable bonds is 3. The lowest BCUT2D eigenvalue weighted by Gasteiger charge is -2.38. The molecule has 4 heteroatoms. The predicted molar refractivity (Wildman–Crippen MR) is 75.8 cm³/mol. The van der Waals surface area contributed by atoms with E-state index in [1.54, 1.807) is 12.1 Å². The summed E-state index contributed by atoms with van der Waals surface area (Å²) in [7, 11) is 0. The van der Waals surface area contributed by atoms with Gasteiger partial charge in [0, 0.05) is 18.3 Å². The van der Waals surface area contributed by atoms with Gasteiger partial charge < -0.3 is 10.0 Å². The van der Waals surface area contributed by atoms with Gasteiger partial charge in [0.2, 0.25) is 0 Å². The fraction of sp³-hybridized carbons (Fsp3) is 0.600. The highest BCUT2D eigenvalue weighted by molar-refractivity contribution is 5.88. The highest BCUT2D eigenvalue weighted by Crippen LogP contribution is 2.27. The Hall–Kier alpha value is -1.58. The second-order valence-electron chi connectivity index (χ2n) is 5.55. The number of pyridine rings is 1. The summed E-state index contributed by atoms with van der Waals surface area (Å²) in [6, 6.07) is 3.80.